The maximum atomic E-state index is 13.1. The van der Waals surface area contributed by atoms with E-state index >= 15 is 0 Å². The first kappa shape index (κ1) is 22.5. The van der Waals surface area contributed by atoms with Crippen molar-refractivity contribution in [2.45, 2.75) is 70.8 Å². The first-order valence-corrected chi connectivity index (χ1v) is 10.6. The van der Waals surface area contributed by atoms with Gasteiger partial charge in [-0.2, -0.15) is 0 Å². The number of carbonyl (C=O) groups is 2. The van der Waals surface area contributed by atoms with Crippen LogP contribution in [0.2, 0.25) is 0 Å². The maximum absolute atomic E-state index is 13.1. The Hall–Kier alpha value is -2.17. The molecule has 168 valence electrons. The van der Waals surface area contributed by atoms with Crippen molar-refractivity contribution in [1.29, 1.82) is 0 Å². The molecule has 3 heterocycles. The molecule has 3 N–H and O–H groups in total. The first-order chi connectivity index (χ1) is 14.4. The molecule has 1 aromatic heterocycles. The molecule has 2 aliphatic rings. The van der Waals surface area contributed by atoms with Crippen LogP contribution in [0.15, 0.2) is 4.52 Å². The number of hydrogen-bond acceptors (Lipinski definition) is 7. The number of aryl methyl sites for hydroxylation is 2. The third-order valence-electron chi connectivity index (χ3n) is 5.49. The molecule has 10 heteroatoms. The summed E-state index contributed by atoms with van der Waals surface area (Å²) in [7, 11) is 0. The van der Waals surface area contributed by atoms with E-state index in [1.807, 2.05) is 6.92 Å². The average Bonchev–Trinajstić information content (AvgIpc) is 3.01. The number of ether oxygens (including phenoxy) is 2. The van der Waals surface area contributed by atoms with Crippen LogP contribution in [-0.4, -0.2) is 77.8 Å². The molecule has 2 saturated heterocycles. The van der Waals surface area contributed by atoms with Crippen molar-refractivity contribution in [3.05, 3.63) is 11.5 Å². The summed E-state index contributed by atoms with van der Waals surface area (Å²) in [5.74, 6) is 0.488. The fourth-order valence-electron chi connectivity index (χ4n) is 3.96. The molecule has 0 spiro atoms. The SMILES string of the molecule is CCCNC(=O)C[C@H]1CC[C@@H]2[C@H](COC[C@@H](O)CN2C(=O)Nc2c(C)noc2C)O1. The molecule has 10 nitrogen and oxygen atoms in total. The van der Waals surface area contributed by atoms with E-state index in [4.69, 9.17) is 14.0 Å². The molecule has 0 bridgehead atoms. The summed E-state index contributed by atoms with van der Waals surface area (Å²) in [4.78, 5) is 26.8. The van der Waals surface area contributed by atoms with Gasteiger partial charge in [0.25, 0.3) is 0 Å². The highest BCUT2D eigenvalue weighted by atomic mass is 16.5. The fourth-order valence-corrected chi connectivity index (χ4v) is 3.96. The smallest absolute Gasteiger partial charge is 0.322 e. The van der Waals surface area contributed by atoms with E-state index in [1.54, 1.807) is 18.7 Å². The van der Waals surface area contributed by atoms with Crippen LogP contribution in [0.1, 0.15) is 44.1 Å². The number of β-amino-alcohol motifs (C(OH)–C–C–N with tert-alkyl or cyclic N) is 1. The van der Waals surface area contributed by atoms with E-state index in [2.05, 4.69) is 15.8 Å². The number of amides is 3. The molecule has 30 heavy (non-hydrogen) atoms. The Kier molecular flexibility index (Phi) is 7.68. The van der Waals surface area contributed by atoms with Crippen LogP contribution < -0.4 is 10.6 Å². The van der Waals surface area contributed by atoms with Crippen LogP contribution in [0.3, 0.4) is 0 Å². The topological polar surface area (TPSA) is 126 Å². The van der Waals surface area contributed by atoms with Gasteiger partial charge in [0, 0.05) is 6.54 Å². The van der Waals surface area contributed by atoms with Crippen molar-refractivity contribution in [3.8, 4) is 0 Å². The molecule has 0 saturated carbocycles. The van der Waals surface area contributed by atoms with Gasteiger partial charge in [0.05, 0.1) is 44.4 Å². The summed E-state index contributed by atoms with van der Waals surface area (Å²) in [6.45, 7) is 6.63. The van der Waals surface area contributed by atoms with Gasteiger partial charge in [0.1, 0.15) is 17.5 Å². The quantitative estimate of drug-likeness (QED) is 0.651. The zero-order chi connectivity index (χ0) is 21.7. The second kappa shape index (κ2) is 10.2. The van der Waals surface area contributed by atoms with Crippen molar-refractivity contribution in [2.75, 3.05) is 31.6 Å². The number of carbonyl (C=O) groups excluding carboxylic acids is 2. The summed E-state index contributed by atoms with van der Waals surface area (Å²) < 4.78 is 16.9. The lowest BCUT2D eigenvalue weighted by molar-refractivity contribution is -0.149. The summed E-state index contributed by atoms with van der Waals surface area (Å²) in [5.41, 5.74) is 1.12. The highest BCUT2D eigenvalue weighted by Crippen LogP contribution is 2.29. The maximum Gasteiger partial charge on any atom is 0.322 e. The zero-order valence-electron chi connectivity index (χ0n) is 17.8. The highest BCUT2D eigenvalue weighted by Gasteiger charge is 2.40. The summed E-state index contributed by atoms with van der Waals surface area (Å²) in [6, 6.07) is -0.613. The van der Waals surface area contributed by atoms with E-state index in [1.165, 1.54) is 0 Å². The van der Waals surface area contributed by atoms with Gasteiger partial charge in [0.15, 0.2) is 5.76 Å². The number of nitrogens with one attached hydrogen (secondary N) is 2. The van der Waals surface area contributed by atoms with E-state index in [0.29, 0.717) is 36.5 Å². The van der Waals surface area contributed by atoms with Crippen LogP contribution in [0.5, 0.6) is 0 Å². The van der Waals surface area contributed by atoms with Crippen LogP contribution in [0, 0.1) is 13.8 Å². The molecule has 2 fully saturated rings. The summed E-state index contributed by atoms with van der Waals surface area (Å²) >= 11 is 0. The second-order valence-corrected chi connectivity index (χ2v) is 7.97. The van der Waals surface area contributed by atoms with E-state index in [9.17, 15) is 14.7 Å². The van der Waals surface area contributed by atoms with Crippen LogP contribution in [0.25, 0.3) is 0 Å². The number of aromatic nitrogens is 1. The number of aliphatic hydroxyl groups excluding tert-OH is 1. The fraction of sp³-hybridized carbons (Fsp3) is 0.750. The largest absolute Gasteiger partial charge is 0.389 e. The van der Waals surface area contributed by atoms with Crippen LogP contribution >= 0.6 is 0 Å². The minimum Gasteiger partial charge on any atom is -0.389 e. The van der Waals surface area contributed by atoms with Gasteiger partial charge in [-0.05, 0) is 33.1 Å². The molecule has 0 aliphatic carbocycles. The Bertz CT molecular complexity index is 719. The van der Waals surface area contributed by atoms with Gasteiger partial charge in [-0.25, -0.2) is 4.79 Å². The van der Waals surface area contributed by atoms with Gasteiger partial charge in [0.2, 0.25) is 5.91 Å². The van der Waals surface area contributed by atoms with Gasteiger partial charge in [-0.3, -0.25) is 4.79 Å². The van der Waals surface area contributed by atoms with Crippen molar-refractivity contribution < 1.29 is 28.7 Å². The van der Waals surface area contributed by atoms with Gasteiger partial charge in [-0.1, -0.05) is 12.1 Å². The molecule has 0 radical (unpaired) electrons. The Balaban J connectivity index is 1.69. The minimum absolute atomic E-state index is 0.0320. The Morgan fingerprint density at radius 1 is 1.27 bits per heavy atom. The van der Waals surface area contributed by atoms with E-state index in [-0.39, 0.29) is 56.4 Å². The molecular weight excluding hydrogens is 392 g/mol. The number of aliphatic hydroxyl groups is 1. The monoisotopic (exact) mass is 424 g/mol. The lowest BCUT2D eigenvalue weighted by Crippen LogP contribution is -2.58. The lowest BCUT2D eigenvalue weighted by Gasteiger charge is -2.44. The summed E-state index contributed by atoms with van der Waals surface area (Å²) in [5, 5.41) is 19.8. The van der Waals surface area contributed by atoms with E-state index in [0.717, 1.165) is 6.42 Å². The predicted molar refractivity (Wildman–Crippen MR) is 108 cm³/mol. The molecule has 4 atom stereocenters. The molecule has 3 rings (SSSR count). The summed E-state index contributed by atoms with van der Waals surface area (Å²) in [6.07, 6.45) is 1.09. The number of rotatable bonds is 5. The third kappa shape index (κ3) is 5.50. The van der Waals surface area contributed by atoms with E-state index < -0.39 is 6.10 Å². The van der Waals surface area contributed by atoms with Crippen LogP contribution in [-0.2, 0) is 14.3 Å². The molecule has 2 aliphatic heterocycles. The Morgan fingerprint density at radius 3 is 2.77 bits per heavy atom. The number of fused-ring (bicyclic) bond motifs is 1. The third-order valence-corrected chi connectivity index (χ3v) is 5.49. The molecule has 0 unspecified atom stereocenters. The van der Waals surface area contributed by atoms with Crippen molar-refractivity contribution >= 4 is 17.6 Å². The Morgan fingerprint density at radius 2 is 2.07 bits per heavy atom. The Labute approximate surface area is 176 Å². The predicted octanol–water partition coefficient (Wildman–Crippen LogP) is 1.35. The highest BCUT2D eigenvalue weighted by molar-refractivity contribution is 5.90. The first-order valence-electron chi connectivity index (χ1n) is 10.6. The van der Waals surface area contributed by atoms with Crippen molar-refractivity contribution in [2.24, 2.45) is 0 Å². The normalized spacial score (nSPS) is 27.0. The number of anilines is 1. The van der Waals surface area contributed by atoms with Gasteiger partial charge < -0.3 is 34.6 Å². The lowest BCUT2D eigenvalue weighted by atomic mass is 9.95. The number of urea groups is 1. The van der Waals surface area contributed by atoms with Gasteiger partial charge >= 0.3 is 6.03 Å². The van der Waals surface area contributed by atoms with Crippen molar-refractivity contribution in [3.63, 3.8) is 0 Å². The second-order valence-electron chi connectivity index (χ2n) is 7.97. The number of hydrogen-bond donors (Lipinski definition) is 3. The average molecular weight is 424 g/mol. The molecule has 1 aromatic rings. The van der Waals surface area contributed by atoms with Gasteiger partial charge in [-0.15, -0.1) is 0 Å². The van der Waals surface area contributed by atoms with Crippen LogP contribution in [0.4, 0.5) is 10.5 Å². The van der Waals surface area contributed by atoms with Crippen molar-refractivity contribution in [1.82, 2.24) is 15.4 Å². The standard InChI is InChI=1S/C20H32N4O6/c1-4-7-21-18(26)8-15-5-6-16-17(29-15)11-28-10-14(25)9-24(16)20(27)22-19-12(2)23-30-13(19)3/h14-17,25H,4-11H2,1-3H3,(H,21,26)(H,22,27)/t14-,15+,16+,17-/m0/s1. The zero-order valence-corrected chi connectivity index (χ0v) is 17.8. The minimum atomic E-state index is -0.793. The molecule has 3 amide bonds. The molecular formula is C20H32N4O6. The molecule has 0 aromatic carbocycles. The number of nitrogens with zero attached hydrogens (tertiary/aromatic N) is 2.